The lowest BCUT2D eigenvalue weighted by atomic mass is 10.2. The van der Waals surface area contributed by atoms with E-state index in [0.717, 1.165) is 11.5 Å². The number of nitrogens with zero attached hydrogens (tertiary/aromatic N) is 3. The van der Waals surface area contributed by atoms with Crippen LogP contribution in [-0.2, 0) is 21.4 Å². The average Bonchev–Trinajstić information content (AvgIpc) is 2.98. The SMILES string of the molecule is CC(=O)NS(=O)(=O)c1cc(F)c(Cn2c(=O)[nH]c3cnc4nc(C)ccc4c32)c(F)c1. The van der Waals surface area contributed by atoms with Crippen molar-refractivity contribution in [2.24, 2.45) is 0 Å². The number of fused-ring (bicyclic) bond motifs is 3. The molecule has 3 aromatic heterocycles. The van der Waals surface area contributed by atoms with E-state index in [4.69, 9.17) is 0 Å². The number of aromatic amines is 1. The highest BCUT2D eigenvalue weighted by atomic mass is 32.2. The molecule has 0 atom stereocenters. The van der Waals surface area contributed by atoms with Gasteiger partial charge in [0.1, 0.15) is 11.6 Å². The molecule has 0 bridgehead atoms. The molecular weight excluding hydrogens is 432 g/mol. The molecule has 0 saturated carbocycles. The van der Waals surface area contributed by atoms with Crippen molar-refractivity contribution in [3.63, 3.8) is 0 Å². The molecule has 0 aliphatic rings. The van der Waals surface area contributed by atoms with E-state index in [1.165, 1.54) is 6.20 Å². The smallest absolute Gasteiger partial charge is 0.304 e. The van der Waals surface area contributed by atoms with E-state index in [1.807, 2.05) is 0 Å². The van der Waals surface area contributed by atoms with Crippen molar-refractivity contribution in [1.29, 1.82) is 0 Å². The van der Waals surface area contributed by atoms with E-state index >= 15 is 0 Å². The van der Waals surface area contributed by atoms with Gasteiger partial charge in [0.25, 0.3) is 10.0 Å². The van der Waals surface area contributed by atoms with Crippen LogP contribution in [0.5, 0.6) is 0 Å². The minimum atomic E-state index is -4.43. The van der Waals surface area contributed by atoms with E-state index in [9.17, 15) is 26.8 Å². The van der Waals surface area contributed by atoms with Crippen molar-refractivity contribution in [1.82, 2.24) is 24.2 Å². The number of carbonyl (C=O) groups excluding carboxylic acids is 1. The molecule has 0 aliphatic heterocycles. The number of nitrogens with one attached hydrogen (secondary N) is 2. The lowest BCUT2D eigenvalue weighted by Gasteiger charge is -2.11. The highest BCUT2D eigenvalue weighted by Gasteiger charge is 2.22. The number of hydrogen-bond acceptors (Lipinski definition) is 6. The van der Waals surface area contributed by atoms with Crippen LogP contribution in [0.4, 0.5) is 8.78 Å². The second kappa shape index (κ2) is 7.23. The first-order chi connectivity index (χ1) is 14.6. The summed E-state index contributed by atoms with van der Waals surface area (Å²) in [6.07, 6.45) is 1.40. The number of rotatable bonds is 4. The van der Waals surface area contributed by atoms with Crippen LogP contribution in [0.2, 0.25) is 0 Å². The van der Waals surface area contributed by atoms with Crippen LogP contribution < -0.4 is 10.4 Å². The Kier molecular flexibility index (Phi) is 4.81. The summed E-state index contributed by atoms with van der Waals surface area (Å²) >= 11 is 0. The van der Waals surface area contributed by atoms with Gasteiger partial charge >= 0.3 is 5.69 Å². The fraction of sp³-hybridized carbons (Fsp3) is 0.158. The lowest BCUT2D eigenvalue weighted by molar-refractivity contribution is -0.117. The van der Waals surface area contributed by atoms with Crippen molar-refractivity contribution in [2.75, 3.05) is 0 Å². The molecule has 1 amide bonds. The normalized spacial score (nSPS) is 11.9. The van der Waals surface area contributed by atoms with Crippen molar-refractivity contribution in [2.45, 2.75) is 25.3 Å². The number of aryl methyl sites for hydroxylation is 1. The third kappa shape index (κ3) is 3.65. The first-order valence-electron chi connectivity index (χ1n) is 8.93. The molecule has 1 aromatic carbocycles. The van der Waals surface area contributed by atoms with Crippen LogP contribution in [-0.4, -0.2) is 33.8 Å². The first-order valence-corrected chi connectivity index (χ1v) is 10.4. The Labute approximate surface area is 173 Å². The number of halogens is 2. The predicted molar refractivity (Wildman–Crippen MR) is 107 cm³/mol. The minimum absolute atomic E-state index is 0.355. The van der Waals surface area contributed by atoms with Crippen LogP contribution in [0.3, 0.4) is 0 Å². The Balaban J connectivity index is 1.86. The van der Waals surface area contributed by atoms with Crippen molar-refractivity contribution in [3.05, 3.63) is 63.8 Å². The summed E-state index contributed by atoms with van der Waals surface area (Å²) in [6.45, 7) is 2.22. The van der Waals surface area contributed by atoms with E-state index in [0.29, 0.717) is 39.9 Å². The molecule has 4 aromatic rings. The Morgan fingerprint density at radius 2 is 1.90 bits per heavy atom. The maximum atomic E-state index is 14.7. The Hall–Kier alpha value is -3.67. The molecule has 9 nitrogen and oxygen atoms in total. The van der Waals surface area contributed by atoms with Crippen LogP contribution in [0.1, 0.15) is 18.2 Å². The van der Waals surface area contributed by atoms with E-state index < -0.39 is 50.3 Å². The van der Waals surface area contributed by atoms with Gasteiger partial charge in [0, 0.05) is 23.6 Å². The predicted octanol–water partition coefficient (Wildman–Crippen LogP) is 1.73. The van der Waals surface area contributed by atoms with E-state index in [-0.39, 0.29) is 0 Å². The molecule has 0 saturated heterocycles. The molecular formula is C19H15F2N5O4S. The number of H-pyrrole nitrogens is 1. The second-order valence-electron chi connectivity index (χ2n) is 6.89. The number of carbonyl (C=O) groups is 1. The molecule has 31 heavy (non-hydrogen) atoms. The summed E-state index contributed by atoms with van der Waals surface area (Å²) in [7, 11) is -4.43. The Bertz CT molecular complexity index is 1520. The zero-order valence-corrected chi connectivity index (χ0v) is 17.0. The zero-order valence-electron chi connectivity index (χ0n) is 16.2. The lowest BCUT2D eigenvalue weighted by Crippen LogP contribution is -2.28. The zero-order chi connectivity index (χ0) is 22.5. The van der Waals surface area contributed by atoms with Crippen molar-refractivity contribution >= 4 is 38.0 Å². The number of benzene rings is 1. The van der Waals surface area contributed by atoms with Crippen LogP contribution in [0.15, 0.2) is 40.2 Å². The molecule has 0 unspecified atom stereocenters. The molecule has 4 rings (SSSR count). The highest BCUT2D eigenvalue weighted by molar-refractivity contribution is 7.90. The molecule has 0 radical (unpaired) electrons. The van der Waals surface area contributed by atoms with E-state index in [1.54, 1.807) is 23.8 Å². The number of pyridine rings is 2. The number of imidazole rings is 1. The molecule has 160 valence electrons. The average molecular weight is 447 g/mol. The van der Waals surface area contributed by atoms with Crippen LogP contribution >= 0.6 is 0 Å². The molecule has 3 heterocycles. The maximum Gasteiger partial charge on any atom is 0.326 e. The number of hydrogen-bond donors (Lipinski definition) is 2. The largest absolute Gasteiger partial charge is 0.326 e. The van der Waals surface area contributed by atoms with Gasteiger partial charge in [-0.05, 0) is 31.2 Å². The van der Waals surface area contributed by atoms with Crippen LogP contribution in [0.25, 0.3) is 22.1 Å². The molecule has 0 spiro atoms. The van der Waals surface area contributed by atoms with Gasteiger partial charge in [0.2, 0.25) is 5.91 Å². The van der Waals surface area contributed by atoms with Gasteiger partial charge in [-0.3, -0.25) is 9.36 Å². The van der Waals surface area contributed by atoms with Gasteiger partial charge in [-0.25, -0.2) is 36.7 Å². The number of amides is 1. The minimum Gasteiger partial charge on any atom is -0.304 e. The van der Waals surface area contributed by atoms with E-state index in [2.05, 4.69) is 15.0 Å². The summed E-state index contributed by atoms with van der Waals surface area (Å²) in [6, 6.07) is 4.60. The highest BCUT2D eigenvalue weighted by Crippen LogP contribution is 2.24. The Morgan fingerprint density at radius 1 is 1.23 bits per heavy atom. The van der Waals surface area contributed by atoms with Gasteiger partial charge in [0.05, 0.1) is 28.7 Å². The van der Waals surface area contributed by atoms with Crippen molar-refractivity contribution in [3.8, 4) is 0 Å². The van der Waals surface area contributed by atoms with Crippen molar-refractivity contribution < 1.29 is 22.0 Å². The second-order valence-corrected chi connectivity index (χ2v) is 8.57. The summed E-state index contributed by atoms with van der Waals surface area (Å²) in [5.74, 6) is -3.27. The molecule has 2 N–H and O–H groups in total. The Morgan fingerprint density at radius 3 is 2.55 bits per heavy atom. The quantitative estimate of drug-likeness (QED) is 0.491. The summed E-state index contributed by atoms with van der Waals surface area (Å²) in [5, 5.41) is 0.507. The first kappa shape index (κ1) is 20.6. The van der Waals surface area contributed by atoms with Gasteiger partial charge in [-0.2, -0.15) is 0 Å². The molecule has 12 heteroatoms. The van der Waals surface area contributed by atoms with Gasteiger partial charge in [-0.1, -0.05) is 0 Å². The van der Waals surface area contributed by atoms with Gasteiger partial charge in [0.15, 0.2) is 5.65 Å². The maximum absolute atomic E-state index is 14.7. The van der Waals surface area contributed by atoms with Gasteiger partial charge < -0.3 is 4.98 Å². The summed E-state index contributed by atoms with van der Waals surface area (Å²) < 4.78 is 56.2. The fourth-order valence-electron chi connectivity index (χ4n) is 3.27. The third-order valence-electron chi connectivity index (χ3n) is 4.62. The molecule has 0 aliphatic carbocycles. The number of aromatic nitrogens is 4. The summed E-state index contributed by atoms with van der Waals surface area (Å²) in [5.41, 5.74) is 0.633. The third-order valence-corrected chi connectivity index (χ3v) is 6.03. The van der Waals surface area contributed by atoms with Crippen LogP contribution in [0, 0.1) is 18.6 Å². The fourth-order valence-corrected chi connectivity index (χ4v) is 4.28. The topological polar surface area (TPSA) is 127 Å². The monoisotopic (exact) mass is 447 g/mol. The number of sulfonamides is 1. The van der Waals surface area contributed by atoms with Gasteiger partial charge in [-0.15, -0.1) is 0 Å². The standard InChI is InChI=1S/C19H15F2N5O4S/c1-9-3-4-12-17-16(7-22-18(12)23-9)24-19(28)26(17)8-13-14(20)5-11(6-15(13)21)31(29,30)25-10(2)27/h3-7H,8H2,1-2H3,(H,24,28)(H,25,27). The molecule has 0 fully saturated rings. The summed E-state index contributed by atoms with van der Waals surface area (Å²) in [4.78, 5) is 33.8.